The van der Waals surface area contributed by atoms with E-state index in [4.69, 9.17) is 0 Å². The Balaban J connectivity index is 2.52. The monoisotopic (exact) mass is 153 g/mol. The molecule has 2 rings (SSSR count). The van der Waals surface area contributed by atoms with Gasteiger partial charge in [0.1, 0.15) is 0 Å². The predicted octanol–water partition coefficient (Wildman–Crippen LogP) is 1.27. The Kier molecular flexibility index (Phi) is 1.08. The zero-order valence-electron chi connectivity index (χ0n) is 5.63. The van der Waals surface area contributed by atoms with Crippen molar-refractivity contribution in [3.05, 3.63) is 16.3 Å². The van der Waals surface area contributed by atoms with Crippen molar-refractivity contribution in [2.45, 2.75) is 6.42 Å². The fourth-order valence-corrected chi connectivity index (χ4v) is 2.05. The molecule has 2 nitrogen and oxygen atoms in total. The van der Waals surface area contributed by atoms with Crippen LogP contribution in [-0.4, -0.2) is 13.0 Å². The zero-order valence-corrected chi connectivity index (χ0v) is 6.44. The molecule has 0 unspecified atom stereocenters. The summed E-state index contributed by atoms with van der Waals surface area (Å²) in [7, 11) is 1.82. The van der Waals surface area contributed by atoms with Crippen LogP contribution in [0.3, 0.4) is 0 Å². The van der Waals surface area contributed by atoms with Gasteiger partial charge in [-0.05, 0) is 11.4 Å². The van der Waals surface area contributed by atoms with Gasteiger partial charge in [0.2, 0.25) is 5.91 Å². The number of rotatable bonds is 0. The number of thiophene rings is 1. The third kappa shape index (κ3) is 0.609. The van der Waals surface area contributed by atoms with Gasteiger partial charge in [-0.15, -0.1) is 11.3 Å². The molecule has 0 aliphatic carbocycles. The molecule has 3 heteroatoms. The first kappa shape index (κ1) is 5.92. The van der Waals surface area contributed by atoms with E-state index in [9.17, 15) is 4.79 Å². The summed E-state index contributed by atoms with van der Waals surface area (Å²) in [6, 6.07) is 1.99. The van der Waals surface area contributed by atoms with Gasteiger partial charge in [0.05, 0.1) is 12.1 Å². The Bertz CT molecular complexity index is 279. The maximum Gasteiger partial charge on any atom is 0.232 e. The number of likely N-dealkylation sites (N-methyl/N-ethyl adjacent to an activating group) is 1. The lowest BCUT2D eigenvalue weighted by atomic mass is 10.4. The summed E-state index contributed by atoms with van der Waals surface area (Å²) >= 11 is 1.66. The number of fused-ring (bicyclic) bond motifs is 1. The van der Waals surface area contributed by atoms with Crippen molar-refractivity contribution in [2.24, 2.45) is 0 Å². The zero-order chi connectivity index (χ0) is 7.14. The molecule has 2 heterocycles. The van der Waals surface area contributed by atoms with Gasteiger partial charge < -0.3 is 4.90 Å². The summed E-state index contributed by atoms with van der Waals surface area (Å²) in [6.07, 6.45) is 0.601. The molecule has 0 spiro atoms. The molecule has 1 aromatic heterocycles. The molecule has 0 aromatic carbocycles. The van der Waals surface area contributed by atoms with E-state index in [-0.39, 0.29) is 5.91 Å². The van der Waals surface area contributed by atoms with Crippen LogP contribution in [0.15, 0.2) is 11.4 Å². The van der Waals surface area contributed by atoms with Crippen molar-refractivity contribution in [1.82, 2.24) is 0 Å². The first-order chi connectivity index (χ1) is 4.79. The Hall–Kier alpha value is -0.830. The highest BCUT2D eigenvalue weighted by Gasteiger charge is 2.24. The van der Waals surface area contributed by atoms with Crippen molar-refractivity contribution >= 4 is 22.9 Å². The highest BCUT2D eigenvalue weighted by molar-refractivity contribution is 7.10. The average molecular weight is 153 g/mol. The van der Waals surface area contributed by atoms with Crippen molar-refractivity contribution < 1.29 is 4.79 Å². The van der Waals surface area contributed by atoms with E-state index in [2.05, 4.69) is 0 Å². The highest BCUT2D eigenvalue weighted by atomic mass is 32.1. The molecule has 1 aromatic rings. The Morgan fingerprint density at radius 2 is 2.50 bits per heavy atom. The van der Waals surface area contributed by atoms with Gasteiger partial charge >= 0.3 is 0 Å². The number of nitrogens with zero attached hydrogens (tertiary/aromatic N) is 1. The molecule has 0 bridgehead atoms. The minimum atomic E-state index is 0.210. The minimum Gasteiger partial charge on any atom is -0.314 e. The fraction of sp³-hybridized carbons (Fsp3) is 0.286. The average Bonchev–Trinajstić information content (AvgIpc) is 2.41. The summed E-state index contributed by atoms with van der Waals surface area (Å²) in [5, 5.41) is 2.02. The van der Waals surface area contributed by atoms with Crippen molar-refractivity contribution in [3.8, 4) is 0 Å². The van der Waals surface area contributed by atoms with E-state index >= 15 is 0 Å². The molecule has 0 radical (unpaired) electrons. The third-order valence-corrected chi connectivity index (χ3v) is 2.68. The van der Waals surface area contributed by atoms with Crippen molar-refractivity contribution in [3.63, 3.8) is 0 Å². The third-order valence-electron chi connectivity index (χ3n) is 1.77. The fourth-order valence-electron chi connectivity index (χ4n) is 1.16. The smallest absolute Gasteiger partial charge is 0.232 e. The van der Waals surface area contributed by atoms with E-state index in [1.807, 2.05) is 18.5 Å². The van der Waals surface area contributed by atoms with E-state index in [1.54, 1.807) is 16.2 Å². The van der Waals surface area contributed by atoms with E-state index in [1.165, 1.54) is 4.88 Å². The SMILES string of the molecule is CN1C(=O)Cc2sccc21. The summed E-state index contributed by atoms with van der Waals surface area (Å²) in [5.74, 6) is 0.210. The molecule has 0 fully saturated rings. The van der Waals surface area contributed by atoms with Crippen LogP contribution in [0.4, 0.5) is 5.69 Å². The molecular weight excluding hydrogens is 146 g/mol. The van der Waals surface area contributed by atoms with E-state index in [0.717, 1.165) is 5.69 Å². The normalized spacial score (nSPS) is 16.1. The van der Waals surface area contributed by atoms with Crippen LogP contribution in [0.5, 0.6) is 0 Å². The van der Waals surface area contributed by atoms with Gasteiger partial charge in [0, 0.05) is 11.9 Å². The second-order valence-corrected chi connectivity index (χ2v) is 3.36. The minimum absolute atomic E-state index is 0.210. The Morgan fingerprint density at radius 3 is 3.20 bits per heavy atom. The number of carbonyl (C=O) groups excluding carboxylic acids is 1. The molecule has 1 amide bonds. The summed E-state index contributed by atoms with van der Waals surface area (Å²) in [6.45, 7) is 0. The van der Waals surface area contributed by atoms with Crippen LogP contribution in [-0.2, 0) is 11.2 Å². The second-order valence-electron chi connectivity index (χ2n) is 2.36. The van der Waals surface area contributed by atoms with Gasteiger partial charge in [-0.25, -0.2) is 0 Å². The number of carbonyl (C=O) groups is 1. The van der Waals surface area contributed by atoms with Gasteiger partial charge in [0.25, 0.3) is 0 Å². The van der Waals surface area contributed by atoms with Gasteiger partial charge in [0.15, 0.2) is 0 Å². The second kappa shape index (κ2) is 1.83. The Labute approximate surface area is 63.1 Å². The predicted molar refractivity (Wildman–Crippen MR) is 41.4 cm³/mol. The number of hydrogen-bond acceptors (Lipinski definition) is 2. The molecule has 1 aliphatic rings. The number of hydrogen-bond donors (Lipinski definition) is 0. The van der Waals surface area contributed by atoms with Crippen LogP contribution >= 0.6 is 11.3 Å². The largest absolute Gasteiger partial charge is 0.314 e. The molecule has 0 saturated heterocycles. The lowest BCUT2D eigenvalue weighted by molar-refractivity contribution is -0.117. The van der Waals surface area contributed by atoms with Gasteiger partial charge in [-0.2, -0.15) is 0 Å². The number of amides is 1. The highest BCUT2D eigenvalue weighted by Crippen LogP contribution is 2.31. The van der Waals surface area contributed by atoms with E-state index < -0.39 is 0 Å². The van der Waals surface area contributed by atoms with Crippen LogP contribution in [0.1, 0.15) is 4.88 Å². The molecule has 10 heavy (non-hydrogen) atoms. The lowest BCUT2D eigenvalue weighted by Gasteiger charge is -2.05. The molecule has 0 saturated carbocycles. The van der Waals surface area contributed by atoms with Crippen LogP contribution in [0.25, 0.3) is 0 Å². The first-order valence-electron chi connectivity index (χ1n) is 3.12. The van der Waals surface area contributed by atoms with Crippen LogP contribution < -0.4 is 4.90 Å². The molecule has 0 N–H and O–H groups in total. The molecule has 0 atom stereocenters. The van der Waals surface area contributed by atoms with Crippen LogP contribution in [0.2, 0.25) is 0 Å². The molecular formula is C7H7NOS. The number of anilines is 1. The maximum atomic E-state index is 11.0. The summed E-state index contributed by atoms with van der Waals surface area (Å²) < 4.78 is 0. The molecule has 52 valence electrons. The Morgan fingerprint density at radius 1 is 1.70 bits per heavy atom. The molecule has 1 aliphatic heterocycles. The van der Waals surface area contributed by atoms with Gasteiger partial charge in [-0.1, -0.05) is 0 Å². The summed E-state index contributed by atoms with van der Waals surface area (Å²) in [4.78, 5) is 13.9. The summed E-state index contributed by atoms with van der Waals surface area (Å²) in [5.41, 5.74) is 1.09. The van der Waals surface area contributed by atoms with Crippen molar-refractivity contribution in [2.75, 3.05) is 11.9 Å². The first-order valence-corrected chi connectivity index (χ1v) is 4.00. The standard InChI is InChI=1S/C7H7NOS/c1-8-5-2-3-10-6(5)4-7(8)9/h2-3H,4H2,1H3. The van der Waals surface area contributed by atoms with Gasteiger partial charge in [-0.3, -0.25) is 4.79 Å². The van der Waals surface area contributed by atoms with Crippen molar-refractivity contribution in [1.29, 1.82) is 0 Å². The maximum absolute atomic E-state index is 11.0. The lowest BCUT2D eigenvalue weighted by Crippen LogP contribution is -2.20. The van der Waals surface area contributed by atoms with Crippen LogP contribution in [0, 0.1) is 0 Å². The quantitative estimate of drug-likeness (QED) is 0.549. The topological polar surface area (TPSA) is 20.3 Å². The van der Waals surface area contributed by atoms with E-state index in [0.29, 0.717) is 6.42 Å².